The van der Waals surface area contributed by atoms with Crippen molar-refractivity contribution in [3.63, 3.8) is 0 Å². The normalized spacial score (nSPS) is 9.89. The van der Waals surface area contributed by atoms with Crippen LogP contribution in [0, 0.1) is 18.8 Å². The number of hydrogen-bond donors (Lipinski definition) is 1. The number of hydrogen-bond acceptors (Lipinski definition) is 3. The van der Waals surface area contributed by atoms with Crippen LogP contribution in [0.5, 0.6) is 0 Å². The van der Waals surface area contributed by atoms with Crippen LogP contribution in [0.1, 0.15) is 16.1 Å². The van der Waals surface area contributed by atoms with Gasteiger partial charge in [-0.3, -0.25) is 4.79 Å². The first-order chi connectivity index (χ1) is 8.72. The van der Waals surface area contributed by atoms with E-state index in [-0.39, 0.29) is 12.2 Å². The third-order valence-electron chi connectivity index (χ3n) is 2.62. The smallest absolute Gasteiger partial charge is 0.251 e. The quantitative estimate of drug-likeness (QED) is 0.833. The zero-order valence-corrected chi connectivity index (χ0v) is 10.8. The highest BCUT2D eigenvalue weighted by Gasteiger charge is 2.05. The number of aryl methyl sites for hydroxylation is 1. The van der Waals surface area contributed by atoms with Crippen LogP contribution in [0.3, 0.4) is 0 Å². The zero-order valence-electron chi connectivity index (χ0n) is 10.0. The second-order valence-corrected chi connectivity index (χ2v) is 4.81. The van der Waals surface area contributed by atoms with E-state index in [9.17, 15) is 4.79 Å². The van der Waals surface area contributed by atoms with Crippen molar-refractivity contribution < 1.29 is 5.11 Å². The molecule has 2 aromatic heterocycles. The summed E-state index contributed by atoms with van der Waals surface area (Å²) < 4.78 is 1.72. The van der Waals surface area contributed by atoms with E-state index in [1.54, 1.807) is 28.0 Å². The van der Waals surface area contributed by atoms with Crippen LogP contribution in [0.4, 0.5) is 0 Å². The lowest BCUT2D eigenvalue weighted by Crippen LogP contribution is -2.21. The SMILES string of the molecule is Cc1cccc(=O)n1Cc1sccc1C#CCO. The molecule has 0 radical (unpaired) electrons. The molecular weight excluding hydrogens is 246 g/mol. The van der Waals surface area contributed by atoms with Crippen molar-refractivity contribution in [3.05, 3.63) is 56.1 Å². The molecule has 2 rings (SSSR count). The summed E-state index contributed by atoms with van der Waals surface area (Å²) in [7, 11) is 0. The van der Waals surface area contributed by atoms with Crippen molar-refractivity contribution >= 4 is 11.3 Å². The van der Waals surface area contributed by atoms with Gasteiger partial charge >= 0.3 is 0 Å². The summed E-state index contributed by atoms with van der Waals surface area (Å²) in [5.41, 5.74) is 1.80. The molecule has 0 aliphatic carbocycles. The summed E-state index contributed by atoms with van der Waals surface area (Å²) in [6, 6.07) is 7.13. The number of thiophene rings is 1. The fraction of sp³-hybridized carbons (Fsp3) is 0.214. The summed E-state index contributed by atoms with van der Waals surface area (Å²) >= 11 is 1.57. The Morgan fingerprint density at radius 3 is 2.94 bits per heavy atom. The fourth-order valence-electron chi connectivity index (χ4n) is 1.68. The molecule has 0 unspecified atom stereocenters. The highest BCUT2D eigenvalue weighted by Crippen LogP contribution is 2.17. The number of nitrogens with zero attached hydrogens (tertiary/aromatic N) is 1. The molecule has 0 bridgehead atoms. The Kier molecular flexibility index (Phi) is 3.98. The van der Waals surface area contributed by atoms with Crippen molar-refractivity contribution in [2.45, 2.75) is 13.5 Å². The molecule has 0 fully saturated rings. The predicted molar refractivity (Wildman–Crippen MR) is 72.8 cm³/mol. The van der Waals surface area contributed by atoms with Gasteiger partial charge in [-0.2, -0.15) is 0 Å². The number of rotatable bonds is 2. The monoisotopic (exact) mass is 259 g/mol. The van der Waals surface area contributed by atoms with Crippen LogP contribution in [0.2, 0.25) is 0 Å². The number of aliphatic hydroxyl groups is 1. The molecule has 3 nitrogen and oxygen atoms in total. The minimum atomic E-state index is -0.153. The van der Waals surface area contributed by atoms with Crippen molar-refractivity contribution in [2.75, 3.05) is 6.61 Å². The molecule has 0 aromatic carbocycles. The van der Waals surface area contributed by atoms with Gasteiger partial charge in [-0.05, 0) is 24.4 Å². The van der Waals surface area contributed by atoms with Gasteiger partial charge in [0.1, 0.15) is 6.61 Å². The van der Waals surface area contributed by atoms with E-state index in [1.165, 1.54) is 0 Å². The molecule has 2 aromatic rings. The lowest BCUT2D eigenvalue weighted by Gasteiger charge is -2.08. The summed E-state index contributed by atoms with van der Waals surface area (Å²) in [5.74, 6) is 5.53. The Morgan fingerprint density at radius 2 is 2.22 bits per heavy atom. The highest BCUT2D eigenvalue weighted by atomic mass is 32.1. The van der Waals surface area contributed by atoms with Gasteiger partial charge in [-0.15, -0.1) is 11.3 Å². The molecule has 0 saturated heterocycles. The molecule has 2 heterocycles. The van der Waals surface area contributed by atoms with E-state index in [0.717, 1.165) is 16.1 Å². The molecule has 4 heteroatoms. The third kappa shape index (κ3) is 2.70. The summed E-state index contributed by atoms with van der Waals surface area (Å²) in [5, 5.41) is 10.7. The van der Waals surface area contributed by atoms with Crippen molar-refractivity contribution in [2.24, 2.45) is 0 Å². The summed E-state index contributed by atoms with van der Waals surface area (Å²) in [6.07, 6.45) is 0. The molecule has 18 heavy (non-hydrogen) atoms. The van der Waals surface area contributed by atoms with Crippen LogP contribution in [0.15, 0.2) is 34.4 Å². The van der Waals surface area contributed by atoms with Gasteiger partial charge in [0.25, 0.3) is 5.56 Å². The maximum Gasteiger partial charge on any atom is 0.251 e. The molecule has 0 atom stereocenters. The van der Waals surface area contributed by atoms with Gasteiger partial charge in [0.15, 0.2) is 0 Å². The maximum absolute atomic E-state index is 11.8. The Bertz CT molecular complexity index is 658. The van der Waals surface area contributed by atoms with Crippen LogP contribution in [-0.2, 0) is 6.54 Å². The van der Waals surface area contributed by atoms with E-state index >= 15 is 0 Å². The van der Waals surface area contributed by atoms with Gasteiger partial charge in [-0.25, -0.2) is 0 Å². The third-order valence-corrected chi connectivity index (χ3v) is 3.52. The Balaban J connectivity index is 2.35. The highest BCUT2D eigenvalue weighted by molar-refractivity contribution is 7.10. The molecule has 0 aliphatic heterocycles. The van der Waals surface area contributed by atoms with E-state index < -0.39 is 0 Å². The first-order valence-corrected chi connectivity index (χ1v) is 6.43. The minimum absolute atomic E-state index is 0.00975. The Hall–Kier alpha value is -1.83. The molecule has 1 N–H and O–H groups in total. The second-order valence-electron chi connectivity index (χ2n) is 3.81. The van der Waals surface area contributed by atoms with Crippen molar-refractivity contribution in [1.29, 1.82) is 0 Å². The molecule has 92 valence electrons. The lowest BCUT2D eigenvalue weighted by atomic mass is 10.2. The predicted octanol–water partition coefficient (Wildman–Crippen LogP) is 1.61. The minimum Gasteiger partial charge on any atom is -0.384 e. The molecule has 0 saturated carbocycles. The number of aliphatic hydroxyl groups excluding tert-OH is 1. The van der Waals surface area contributed by atoms with Crippen molar-refractivity contribution in [3.8, 4) is 11.8 Å². The van der Waals surface area contributed by atoms with Gasteiger partial charge in [0, 0.05) is 22.2 Å². The van der Waals surface area contributed by atoms with Crippen LogP contribution in [-0.4, -0.2) is 16.3 Å². The first kappa shape index (κ1) is 12.6. The van der Waals surface area contributed by atoms with E-state index in [4.69, 9.17) is 5.11 Å². The standard InChI is InChI=1S/C14H13NO2S/c1-11-4-2-6-14(17)15(11)10-13-12(5-3-8-16)7-9-18-13/h2,4,6-7,9,16H,8,10H2,1H3. The second kappa shape index (κ2) is 5.67. The molecular formula is C14H13NO2S. The van der Waals surface area contributed by atoms with Gasteiger partial charge in [-0.1, -0.05) is 17.9 Å². The lowest BCUT2D eigenvalue weighted by molar-refractivity contribution is 0.350. The van der Waals surface area contributed by atoms with Gasteiger partial charge in [0.2, 0.25) is 0 Å². The van der Waals surface area contributed by atoms with Crippen LogP contribution < -0.4 is 5.56 Å². The number of pyridine rings is 1. The Labute approximate surface area is 109 Å². The molecule has 0 amide bonds. The van der Waals surface area contributed by atoms with E-state index in [2.05, 4.69) is 11.8 Å². The van der Waals surface area contributed by atoms with Crippen molar-refractivity contribution in [1.82, 2.24) is 4.57 Å². The average molecular weight is 259 g/mol. The number of aromatic nitrogens is 1. The largest absolute Gasteiger partial charge is 0.384 e. The maximum atomic E-state index is 11.8. The average Bonchev–Trinajstić information content (AvgIpc) is 2.79. The summed E-state index contributed by atoms with van der Waals surface area (Å²) in [4.78, 5) is 12.8. The molecule has 0 spiro atoms. The van der Waals surface area contributed by atoms with E-state index in [1.807, 2.05) is 24.4 Å². The van der Waals surface area contributed by atoms with Crippen LogP contribution >= 0.6 is 11.3 Å². The van der Waals surface area contributed by atoms with Gasteiger partial charge in [0.05, 0.1) is 6.54 Å². The first-order valence-electron chi connectivity index (χ1n) is 5.55. The molecule has 0 aliphatic rings. The topological polar surface area (TPSA) is 42.2 Å². The zero-order chi connectivity index (χ0) is 13.0. The summed E-state index contributed by atoms with van der Waals surface area (Å²) in [6.45, 7) is 2.28. The fourth-order valence-corrected chi connectivity index (χ4v) is 2.50. The van der Waals surface area contributed by atoms with Gasteiger partial charge < -0.3 is 9.67 Å². The Morgan fingerprint density at radius 1 is 1.39 bits per heavy atom. The van der Waals surface area contributed by atoms with Crippen LogP contribution in [0.25, 0.3) is 0 Å². The van der Waals surface area contributed by atoms with E-state index in [0.29, 0.717) is 6.54 Å².